The molecule has 2 saturated carbocycles. The third kappa shape index (κ3) is 5.81. The Morgan fingerprint density at radius 1 is 0.825 bits per heavy atom. The van der Waals surface area contributed by atoms with Gasteiger partial charge in [0.15, 0.2) is 0 Å². The molecule has 2 aliphatic rings. The van der Waals surface area contributed by atoms with Crippen molar-refractivity contribution in [2.24, 2.45) is 35.5 Å². The molecule has 6 rings (SSSR count). The van der Waals surface area contributed by atoms with Crippen LogP contribution in [-0.2, 0) is 20.1 Å². The molecule has 0 bridgehead atoms. The van der Waals surface area contributed by atoms with Gasteiger partial charge >= 0.3 is 0 Å². The number of hydrogen-bond acceptors (Lipinski definition) is 4. The fourth-order valence-electron chi connectivity index (χ4n) is 7.84. The van der Waals surface area contributed by atoms with Crippen LogP contribution in [0, 0.1) is 41.6 Å². The first-order valence-electron chi connectivity index (χ1n) is 15.1. The van der Waals surface area contributed by atoms with Gasteiger partial charge in [-0.15, -0.1) is 18.2 Å². The minimum atomic E-state index is -0.265. The Labute approximate surface area is 252 Å². The van der Waals surface area contributed by atoms with Gasteiger partial charge in [-0.05, 0) is 60.3 Å². The minimum absolute atomic E-state index is 0. The number of rotatable bonds is 7. The maximum absolute atomic E-state index is 10.7. The molecule has 0 spiro atoms. The van der Waals surface area contributed by atoms with Crippen LogP contribution in [0.25, 0.3) is 33.2 Å². The first kappa shape index (κ1) is 30.9. The Kier molecular flexibility index (Phi) is 10.6. The SMILES string of the molecule is CCC(CC)[C@H]1CC2C[C@H](C(CC)CC)C(O)C2C1O.[Ir].[c-]1ccc2c(oc3ccccc32)c1-c1ccccn1. The fourth-order valence-corrected chi connectivity index (χ4v) is 7.84. The molecule has 0 saturated heterocycles. The van der Waals surface area contributed by atoms with Crippen molar-refractivity contribution in [2.75, 3.05) is 0 Å². The number of pyridine rings is 1. The molecule has 4 atom stereocenters. The molecule has 2 N–H and O–H groups in total. The number of aromatic nitrogens is 1. The van der Waals surface area contributed by atoms with Crippen LogP contribution in [-0.4, -0.2) is 27.4 Å². The molecule has 0 aliphatic heterocycles. The average molecular weight is 719 g/mol. The standard InChI is InChI=1S/C18H34O2.C17H10NO.Ir/c1-5-11(6-2)14-9-13-10-15(12(7-3)8-4)18(20)16(13)17(14)19;1-2-10-16-12(6-1)13-7-5-8-14(17(13)19-16)15-9-3-4-11-18-15;/h11-20H,5-10H2,1-4H3;1-7,9-11H;/q;-1;/t13?,14-,15-,16?,17?,18?;;/m1../s1. The molecule has 5 heteroatoms. The van der Waals surface area contributed by atoms with Crippen molar-refractivity contribution < 1.29 is 34.7 Å². The number of fused-ring (bicyclic) bond motifs is 4. The van der Waals surface area contributed by atoms with Gasteiger partial charge in [0.05, 0.1) is 17.8 Å². The van der Waals surface area contributed by atoms with Crippen molar-refractivity contribution in [1.29, 1.82) is 0 Å². The van der Waals surface area contributed by atoms with E-state index < -0.39 is 0 Å². The summed E-state index contributed by atoms with van der Waals surface area (Å²) < 4.78 is 5.97. The first-order valence-corrected chi connectivity index (χ1v) is 15.1. The summed E-state index contributed by atoms with van der Waals surface area (Å²) in [5.41, 5.74) is 3.54. The minimum Gasteiger partial charge on any atom is -0.501 e. The maximum atomic E-state index is 10.7. The van der Waals surface area contributed by atoms with E-state index in [1.807, 2.05) is 48.5 Å². The second kappa shape index (κ2) is 13.7. The van der Waals surface area contributed by atoms with Crippen molar-refractivity contribution in [3.8, 4) is 11.3 Å². The van der Waals surface area contributed by atoms with Crippen LogP contribution < -0.4 is 0 Å². The summed E-state index contributed by atoms with van der Waals surface area (Å²) in [7, 11) is 0. The molecule has 2 aliphatic carbocycles. The molecular formula is C35H44IrNO3-. The second-order valence-electron chi connectivity index (χ2n) is 11.7. The molecule has 2 heterocycles. The van der Waals surface area contributed by atoms with Crippen LogP contribution in [0.4, 0.5) is 0 Å². The summed E-state index contributed by atoms with van der Waals surface area (Å²) in [5, 5.41) is 23.7. The zero-order valence-electron chi connectivity index (χ0n) is 24.2. The van der Waals surface area contributed by atoms with Crippen LogP contribution in [0.15, 0.2) is 65.2 Å². The van der Waals surface area contributed by atoms with E-state index in [0.717, 1.165) is 71.7 Å². The van der Waals surface area contributed by atoms with Crippen molar-refractivity contribution in [2.45, 2.75) is 78.4 Å². The molecular weight excluding hydrogens is 675 g/mol. The van der Waals surface area contributed by atoms with Gasteiger partial charge in [-0.3, -0.25) is 0 Å². The summed E-state index contributed by atoms with van der Waals surface area (Å²) in [5.74, 6) is 2.85. The fraction of sp³-hybridized carbons (Fsp3) is 0.514. The number of nitrogens with zero attached hydrogens (tertiary/aromatic N) is 1. The monoisotopic (exact) mass is 719 g/mol. The van der Waals surface area contributed by atoms with E-state index in [9.17, 15) is 10.2 Å². The predicted molar refractivity (Wildman–Crippen MR) is 159 cm³/mol. The number of aliphatic hydroxyl groups is 2. The van der Waals surface area contributed by atoms with Crippen molar-refractivity contribution in [3.05, 3.63) is 66.9 Å². The Hall–Kier alpha value is -2.04. The number of furan rings is 1. The van der Waals surface area contributed by atoms with E-state index in [1.54, 1.807) is 6.20 Å². The van der Waals surface area contributed by atoms with Gasteiger partial charge in [0.2, 0.25) is 0 Å². The summed E-state index contributed by atoms with van der Waals surface area (Å²) in [6.45, 7) is 8.94. The molecule has 2 aromatic carbocycles. The van der Waals surface area contributed by atoms with Crippen LogP contribution in [0.3, 0.4) is 0 Å². The largest absolute Gasteiger partial charge is 0.501 e. The molecule has 1 radical (unpaired) electrons. The van der Waals surface area contributed by atoms with Gasteiger partial charge in [0.1, 0.15) is 5.58 Å². The van der Waals surface area contributed by atoms with Gasteiger partial charge < -0.3 is 19.6 Å². The Morgan fingerprint density at radius 2 is 1.43 bits per heavy atom. The third-order valence-corrected chi connectivity index (χ3v) is 9.93. The second-order valence-corrected chi connectivity index (χ2v) is 11.7. The van der Waals surface area contributed by atoms with Gasteiger partial charge in [0.25, 0.3) is 0 Å². The molecule has 217 valence electrons. The van der Waals surface area contributed by atoms with Crippen LogP contribution in [0.2, 0.25) is 0 Å². The molecule has 4 nitrogen and oxygen atoms in total. The molecule has 2 fully saturated rings. The van der Waals surface area contributed by atoms with Gasteiger partial charge in [0, 0.05) is 37.6 Å². The van der Waals surface area contributed by atoms with E-state index in [-0.39, 0.29) is 38.2 Å². The van der Waals surface area contributed by atoms with Crippen LogP contribution >= 0.6 is 0 Å². The van der Waals surface area contributed by atoms with E-state index in [4.69, 9.17) is 4.42 Å². The average Bonchev–Trinajstić information content (AvgIpc) is 3.62. The van der Waals surface area contributed by atoms with E-state index in [0.29, 0.717) is 29.6 Å². The van der Waals surface area contributed by atoms with Crippen LogP contribution in [0.5, 0.6) is 0 Å². The Balaban J connectivity index is 0.000000180. The third-order valence-electron chi connectivity index (χ3n) is 9.93. The van der Waals surface area contributed by atoms with E-state index in [1.165, 1.54) is 0 Å². The van der Waals surface area contributed by atoms with Crippen molar-refractivity contribution >= 4 is 21.9 Å². The molecule has 40 heavy (non-hydrogen) atoms. The van der Waals surface area contributed by atoms with Crippen molar-refractivity contribution in [1.82, 2.24) is 4.98 Å². The summed E-state index contributed by atoms with van der Waals surface area (Å²) in [6.07, 6.45) is 8.17. The Morgan fingerprint density at radius 3 is 1.98 bits per heavy atom. The van der Waals surface area contributed by atoms with E-state index in [2.05, 4.69) is 44.8 Å². The van der Waals surface area contributed by atoms with Crippen molar-refractivity contribution in [3.63, 3.8) is 0 Å². The smallest absolute Gasteiger partial charge is 0.120 e. The van der Waals surface area contributed by atoms with Gasteiger partial charge in [-0.25, -0.2) is 0 Å². The quantitative estimate of drug-likeness (QED) is 0.189. The number of hydrogen-bond donors (Lipinski definition) is 2. The summed E-state index contributed by atoms with van der Waals surface area (Å²) in [4.78, 5) is 4.38. The summed E-state index contributed by atoms with van der Waals surface area (Å²) >= 11 is 0. The molecule has 2 aromatic heterocycles. The molecule has 4 aromatic rings. The normalized spacial score (nSPS) is 25.7. The number of benzene rings is 2. The molecule has 2 unspecified atom stereocenters. The molecule has 0 amide bonds. The maximum Gasteiger partial charge on any atom is 0.120 e. The first-order chi connectivity index (χ1) is 19.0. The topological polar surface area (TPSA) is 66.5 Å². The summed E-state index contributed by atoms with van der Waals surface area (Å²) in [6, 6.07) is 21.1. The zero-order valence-corrected chi connectivity index (χ0v) is 26.6. The van der Waals surface area contributed by atoms with Gasteiger partial charge in [-0.1, -0.05) is 94.7 Å². The number of para-hydroxylation sites is 1. The predicted octanol–water partition coefficient (Wildman–Crippen LogP) is 8.30. The zero-order chi connectivity index (χ0) is 27.5. The number of aliphatic hydroxyl groups excluding tert-OH is 2. The van der Waals surface area contributed by atoms with Gasteiger partial charge in [-0.2, -0.15) is 0 Å². The van der Waals surface area contributed by atoms with E-state index >= 15 is 0 Å². The van der Waals surface area contributed by atoms with Crippen LogP contribution in [0.1, 0.15) is 66.2 Å². The Bertz CT molecular complexity index is 1320.